The molecule has 4 nitrogen and oxygen atoms in total. The number of hydrogen-bond donors (Lipinski definition) is 0. The van der Waals surface area contributed by atoms with Crippen molar-refractivity contribution in [2.45, 2.75) is 0 Å². The Kier molecular flexibility index (Phi) is 8.46. The van der Waals surface area contributed by atoms with E-state index in [0.29, 0.717) is 0 Å². The van der Waals surface area contributed by atoms with E-state index in [0.717, 1.165) is 61.2 Å². The van der Waals surface area contributed by atoms with Crippen LogP contribution in [0.5, 0.6) is 0 Å². The van der Waals surface area contributed by atoms with Crippen LogP contribution in [-0.2, 0) is 0 Å². The summed E-state index contributed by atoms with van der Waals surface area (Å²) in [5.74, 6) is 0. The quantitative estimate of drug-likeness (QED) is 0.151. The highest BCUT2D eigenvalue weighted by Gasteiger charge is 2.19. The van der Waals surface area contributed by atoms with Crippen LogP contribution in [0.25, 0.3) is 93.6 Å². The Balaban J connectivity index is 0.980. The molecule has 0 aliphatic carbocycles. The van der Waals surface area contributed by atoms with Gasteiger partial charge in [0.1, 0.15) is 0 Å². The summed E-state index contributed by atoms with van der Waals surface area (Å²) >= 11 is 0. The lowest BCUT2D eigenvalue weighted by Crippen LogP contribution is -2.09. The highest BCUT2D eigenvalue weighted by Crippen LogP contribution is 2.42. The van der Waals surface area contributed by atoms with Gasteiger partial charge >= 0.3 is 0 Å². The number of fused-ring (bicyclic) bond motifs is 9. The fourth-order valence-corrected chi connectivity index (χ4v) is 9.24. The van der Waals surface area contributed by atoms with Gasteiger partial charge in [-0.25, -0.2) is 4.98 Å². The van der Waals surface area contributed by atoms with Crippen molar-refractivity contribution in [2.24, 2.45) is 0 Å². The first kappa shape index (κ1) is 35.6. The Morgan fingerprint density at radius 1 is 0.323 bits per heavy atom. The van der Waals surface area contributed by atoms with E-state index in [2.05, 4.69) is 234 Å². The monoisotopic (exact) mass is 790 g/mol. The molecule has 4 heteroatoms. The number of benzene rings is 10. The molecule has 0 atom stereocenters. The Labute approximate surface area is 359 Å². The van der Waals surface area contributed by atoms with Crippen LogP contribution in [0.4, 0.5) is 17.1 Å². The zero-order chi connectivity index (χ0) is 41.0. The van der Waals surface area contributed by atoms with Gasteiger partial charge < -0.3 is 9.47 Å². The van der Waals surface area contributed by atoms with Crippen LogP contribution in [0.15, 0.2) is 231 Å². The third-order valence-corrected chi connectivity index (χ3v) is 12.2. The van der Waals surface area contributed by atoms with Gasteiger partial charge in [-0.1, -0.05) is 152 Å². The second-order valence-electron chi connectivity index (χ2n) is 15.8. The second-order valence-corrected chi connectivity index (χ2v) is 15.8. The Hall–Kier alpha value is -8.34. The summed E-state index contributed by atoms with van der Waals surface area (Å²) in [6, 6.07) is 80.1. The zero-order valence-electron chi connectivity index (χ0n) is 33.7. The first-order valence-electron chi connectivity index (χ1n) is 21.1. The van der Waals surface area contributed by atoms with Crippen molar-refractivity contribution in [3.8, 4) is 39.2 Å². The van der Waals surface area contributed by atoms with E-state index < -0.39 is 0 Å². The normalized spacial score (nSPS) is 11.5. The molecule has 2 aromatic heterocycles. The topological polar surface area (TPSA) is 34.0 Å². The first-order chi connectivity index (χ1) is 30.7. The summed E-state index contributed by atoms with van der Waals surface area (Å²) < 4.78 is 2.36. The first-order valence-corrected chi connectivity index (χ1v) is 21.1. The van der Waals surface area contributed by atoms with E-state index in [1.807, 2.05) is 6.20 Å². The molecule has 0 bridgehead atoms. The molecular weight excluding hydrogens is 753 g/mol. The van der Waals surface area contributed by atoms with Crippen LogP contribution in [0, 0.1) is 0 Å². The van der Waals surface area contributed by atoms with E-state index in [-0.39, 0.29) is 0 Å². The largest absolute Gasteiger partial charge is 0.310 e. The summed E-state index contributed by atoms with van der Waals surface area (Å²) in [6.45, 7) is 0. The third kappa shape index (κ3) is 6.00. The molecule has 0 amide bonds. The van der Waals surface area contributed by atoms with Crippen LogP contribution in [-0.4, -0.2) is 14.5 Å². The van der Waals surface area contributed by atoms with Crippen molar-refractivity contribution >= 4 is 71.4 Å². The van der Waals surface area contributed by atoms with E-state index in [1.54, 1.807) is 0 Å². The Bertz CT molecular complexity index is 3600. The third-order valence-electron chi connectivity index (χ3n) is 12.2. The average molecular weight is 791 g/mol. The van der Waals surface area contributed by atoms with E-state index in [1.165, 1.54) is 49.4 Å². The molecular formula is C58H38N4. The molecule has 12 rings (SSSR count). The van der Waals surface area contributed by atoms with Crippen molar-refractivity contribution < 1.29 is 0 Å². The highest BCUT2D eigenvalue weighted by molar-refractivity contribution is 6.24. The van der Waals surface area contributed by atoms with Gasteiger partial charge in [-0.05, 0) is 106 Å². The van der Waals surface area contributed by atoms with Gasteiger partial charge in [0.05, 0.1) is 34.0 Å². The summed E-state index contributed by atoms with van der Waals surface area (Å²) in [7, 11) is 0. The standard InChI is InChI=1S/C58H38N4/c1-5-15-39(16-6-1)42-27-32-49-51(35-42)52-36-43(40-17-7-2-8-18-40)28-33-50(52)58-57(49)59-38-54(60-58)41-25-29-46(30-26-41)61(44-19-9-3-10-20-44)47-31-34-56-53(37-47)48-23-13-14-24-55(48)62(56)45-21-11-4-12-22-45/h1-38H. The summed E-state index contributed by atoms with van der Waals surface area (Å²) in [5, 5.41) is 6.94. The van der Waals surface area contributed by atoms with Crippen molar-refractivity contribution in [1.82, 2.24) is 14.5 Å². The van der Waals surface area contributed by atoms with Gasteiger partial charge in [0, 0.05) is 49.9 Å². The maximum atomic E-state index is 5.41. The van der Waals surface area contributed by atoms with Gasteiger partial charge in [-0.2, -0.15) is 0 Å². The predicted molar refractivity (Wildman–Crippen MR) is 260 cm³/mol. The zero-order valence-corrected chi connectivity index (χ0v) is 33.7. The SMILES string of the molecule is c1ccc(-c2ccc3c(c2)c2cc(-c4ccccc4)ccc2c2nc(-c4ccc(N(c5ccccc5)c5ccc6c(c5)c5ccccc5n6-c5ccccc5)cc4)cnc32)cc1. The number of nitrogens with zero attached hydrogens (tertiary/aromatic N) is 4. The molecule has 0 fully saturated rings. The van der Waals surface area contributed by atoms with Gasteiger partial charge in [0.15, 0.2) is 0 Å². The van der Waals surface area contributed by atoms with Crippen LogP contribution >= 0.6 is 0 Å². The minimum atomic E-state index is 0.833. The van der Waals surface area contributed by atoms with Crippen LogP contribution in [0.2, 0.25) is 0 Å². The molecule has 12 aromatic rings. The fourth-order valence-electron chi connectivity index (χ4n) is 9.24. The maximum Gasteiger partial charge on any atom is 0.0979 e. The number of rotatable bonds is 7. The number of aromatic nitrogens is 3. The van der Waals surface area contributed by atoms with Crippen LogP contribution in [0.1, 0.15) is 0 Å². The van der Waals surface area contributed by atoms with Crippen molar-refractivity contribution in [2.75, 3.05) is 4.90 Å². The molecule has 0 unspecified atom stereocenters. The summed E-state index contributed by atoms with van der Waals surface area (Å²) in [5.41, 5.74) is 15.1. The molecule has 0 spiro atoms. The van der Waals surface area contributed by atoms with Crippen LogP contribution < -0.4 is 4.90 Å². The maximum absolute atomic E-state index is 5.41. The molecule has 2 heterocycles. The molecule has 62 heavy (non-hydrogen) atoms. The smallest absolute Gasteiger partial charge is 0.0979 e. The number of hydrogen-bond acceptors (Lipinski definition) is 3. The summed E-state index contributed by atoms with van der Waals surface area (Å²) in [4.78, 5) is 12.9. The summed E-state index contributed by atoms with van der Waals surface area (Å²) in [6.07, 6.45) is 1.93. The molecule has 0 N–H and O–H groups in total. The van der Waals surface area contributed by atoms with Crippen molar-refractivity contribution in [3.63, 3.8) is 0 Å². The Morgan fingerprint density at radius 2 is 0.839 bits per heavy atom. The lowest BCUT2D eigenvalue weighted by atomic mass is 9.93. The lowest BCUT2D eigenvalue weighted by molar-refractivity contribution is 1.18. The Morgan fingerprint density at radius 3 is 1.50 bits per heavy atom. The molecule has 0 saturated heterocycles. The van der Waals surface area contributed by atoms with Crippen LogP contribution in [0.3, 0.4) is 0 Å². The van der Waals surface area contributed by atoms with Gasteiger partial charge in [0.2, 0.25) is 0 Å². The van der Waals surface area contributed by atoms with E-state index >= 15 is 0 Å². The minimum absolute atomic E-state index is 0.833. The molecule has 0 saturated carbocycles. The number of anilines is 3. The molecule has 0 aliphatic rings. The highest BCUT2D eigenvalue weighted by atomic mass is 15.1. The van der Waals surface area contributed by atoms with Crippen molar-refractivity contribution in [3.05, 3.63) is 231 Å². The fraction of sp³-hybridized carbons (Fsp3) is 0. The van der Waals surface area contributed by atoms with E-state index in [9.17, 15) is 0 Å². The minimum Gasteiger partial charge on any atom is -0.310 e. The second kappa shape index (κ2) is 14.7. The van der Waals surface area contributed by atoms with E-state index in [4.69, 9.17) is 9.97 Å². The predicted octanol–water partition coefficient (Wildman–Crippen LogP) is 15.5. The average Bonchev–Trinajstić information content (AvgIpc) is 3.69. The number of para-hydroxylation sites is 3. The van der Waals surface area contributed by atoms with Gasteiger partial charge in [-0.15, -0.1) is 0 Å². The lowest BCUT2D eigenvalue weighted by Gasteiger charge is -2.26. The molecule has 0 radical (unpaired) electrons. The van der Waals surface area contributed by atoms with Gasteiger partial charge in [-0.3, -0.25) is 4.98 Å². The molecule has 290 valence electrons. The van der Waals surface area contributed by atoms with Gasteiger partial charge in [0.25, 0.3) is 0 Å². The molecule has 0 aliphatic heterocycles. The van der Waals surface area contributed by atoms with Crippen molar-refractivity contribution in [1.29, 1.82) is 0 Å². The molecule has 10 aromatic carbocycles.